The van der Waals surface area contributed by atoms with Crippen LogP contribution in [0.3, 0.4) is 0 Å². The van der Waals surface area contributed by atoms with E-state index in [1.54, 1.807) is 0 Å². The minimum absolute atomic E-state index is 0.713. The molecule has 2 rings (SSSR count). The molecule has 0 spiro atoms. The van der Waals surface area contributed by atoms with Crippen molar-refractivity contribution < 1.29 is 0 Å². The largest absolute Gasteiger partial charge is 0.0761 e. The van der Waals surface area contributed by atoms with Crippen molar-refractivity contribution in [1.82, 2.24) is 0 Å². The summed E-state index contributed by atoms with van der Waals surface area (Å²) >= 11 is 0. The van der Waals surface area contributed by atoms with Crippen molar-refractivity contribution in [2.24, 2.45) is 5.92 Å². The Hall–Kier alpha value is -1.04. The van der Waals surface area contributed by atoms with Gasteiger partial charge in [-0.1, -0.05) is 71.0 Å². The zero-order chi connectivity index (χ0) is 11.7. The predicted molar refractivity (Wildman–Crippen MR) is 71.1 cm³/mol. The lowest BCUT2D eigenvalue weighted by molar-refractivity contribution is 0.800. The van der Waals surface area contributed by atoms with Gasteiger partial charge in [-0.3, -0.25) is 0 Å². The van der Waals surface area contributed by atoms with Crippen molar-refractivity contribution in [3.63, 3.8) is 0 Å². The summed E-state index contributed by atoms with van der Waals surface area (Å²) in [6.07, 6.45) is 5.85. The molecule has 0 N–H and O–H groups in total. The van der Waals surface area contributed by atoms with Crippen molar-refractivity contribution in [2.45, 2.75) is 41.0 Å². The summed E-state index contributed by atoms with van der Waals surface area (Å²) in [4.78, 5) is 0. The lowest BCUT2D eigenvalue weighted by Gasteiger charge is -2.06. The number of hydrogen-bond acceptors (Lipinski definition) is 0. The Morgan fingerprint density at radius 2 is 1.47 bits per heavy atom. The van der Waals surface area contributed by atoms with Crippen molar-refractivity contribution in [3.05, 3.63) is 34.7 Å². The lowest BCUT2D eigenvalue weighted by Crippen LogP contribution is -2.27. The molecule has 0 radical (unpaired) electrons. The molecular formula is C15H24. The second-order valence-electron chi connectivity index (χ2n) is 3.21. The first-order valence-electron chi connectivity index (χ1n) is 6.13. The van der Waals surface area contributed by atoms with Crippen LogP contribution in [0, 0.1) is 5.92 Å². The molecule has 1 aliphatic rings. The summed E-state index contributed by atoms with van der Waals surface area (Å²) in [5.74, 6) is 0.713. The van der Waals surface area contributed by atoms with Gasteiger partial charge in [-0.05, 0) is 22.8 Å². The quantitative estimate of drug-likeness (QED) is 0.608. The van der Waals surface area contributed by atoms with Crippen LogP contribution in [0.25, 0.3) is 12.2 Å². The molecule has 0 amide bonds. The van der Waals surface area contributed by atoms with E-state index in [0.29, 0.717) is 5.92 Å². The van der Waals surface area contributed by atoms with Crippen LogP contribution >= 0.6 is 0 Å². The Balaban J connectivity index is 0.000000442. The van der Waals surface area contributed by atoms with Gasteiger partial charge in [0.25, 0.3) is 0 Å². The van der Waals surface area contributed by atoms with Crippen LogP contribution < -0.4 is 10.4 Å². The van der Waals surface area contributed by atoms with Crippen LogP contribution in [0.5, 0.6) is 0 Å². The number of hydrogen-bond donors (Lipinski definition) is 0. The molecule has 0 saturated carbocycles. The molecule has 1 aromatic rings. The minimum atomic E-state index is 0.713. The lowest BCUT2D eigenvalue weighted by atomic mass is 9.99. The summed E-state index contributed by atoms with van der Waals surface area (Å²) in [6, 6.07) is 8.56. The van der Waals surface area contributed by atoms with Crippen LogP contribution in [0.15, 0.2) is 24.3 Å². The fourth-order valence-corrected chi connectivity index (χ4v) is 1.54. The zero-order valence-corrected chi connectivity index (χ0v) is 10.7. The molecule has 0 bridgehead atoms. The van der Waals surface area contributed by atoms with Crippen molar-refractivity contribution >= 4 is 12.2 Å². The van der Waals surface area contributed by atoms with E-state index in [1.807, 2.05) is 27.7 Å². The molecule has 15 heavy (non-hydrogen) atoms. The van der Waals surface area contributed by atoms with Gasteiger partial charge in [0.15, 0.2) is 0 Å². The van der Waals surface area contributed by atoms with Crippen LogP contribution in [0.1, 0.15) is 41.0 Å². The van der Waals surface area contributed by atoms with Gasteiger partial charge in [0, 0.05) is 0 Å². The van der Waals surface area contributed by atoms with E-state index < -0.39 is 0 Å². The number of rotatable bonds is 0. The number of fused-ring (bicyclic) bond motifs is 1. The van der Waals surface area contributed by atoms with Crippen LogP contribution in [-0.2, 0) is 0 Å². The summed E-state index contributed by atoms with van der Waals surface area (Å²) < 4.78 is 0. The second kappa shape index (κ2) is 8.28. The molecule has 0 heterocycles. The van der Waals surface area contributed by atoms with Crippen molar-refractivity contribution in [1.29, 1.82) is 0 Å². The molecule has 1 atom stereocenters. The summed E-state index contributed by atoms with van der Waals surface area (Å²) in [5.41, 5.74) is 0. The van der Waals surface area contributed by atoms with Gasteiger partial charge in [0.2, 0.25) is 0 Å². The average Bonchev–Trinajstić information content (AvgIpc) is 2.34. The normalized spacial score (nSPS) is 16.5. The fourth-order valence-electron chi connectivity index (χ4n) is 1.54. The Morgan fingerprint density at radius 3 is 2.07 bits per heavy atom. The highest BCUT2D eigenvalue weighted by atomic mass is 14.0. The molecular weight excluding hydrogens is 180 g/mol. The van der Waals surface area contributed by atoms with Gasteiger partial charge < -0.3 is 0 Å². The first kappa shape index (κ1) is 14.0. The van der Waals surface area contributed by atoms with Crippen LogP contribution in [-0.4, -0.2) is 0 Å². The minimum Gasteiger partial charge on any atom is -0.0761 e. The summed E-state index contributed by atoms with van der Waals surface area (Å²) in [5, 5.41) is 2.79. The van der Waals surface area contributed by atoms with Crippen molar-refractivity contribution in [2.75, 3.05) is 0 Å². The Morgan fingerprint density at radius 1 is 0.933 bits per heavy atom. The first-order chi connectivity index (χ1) is 7.36. The average molecular weight is 204 g/mol. The third-order valence-corrected chi connectivity index (χ3v) is 2.17. The highest BCUT2D eigenvalue weighted by molar-refractivity contribution is 5.39. The van der Waals surface area contributed by atoms with Gasteiger partial charge in [0.05, 0.1) is 0 Å². The summed E-state index contributed by atoms with van der Waals surface area (Å²) in [6.45, 7) is 10.3. The molecule has 1 unspecified atom stereocenters. The Kier molecular flexibility index (Phi) is 7.71. The third kappa shape index (κ3) is 4.33. The third-order valence-electron chi connectivity index (χ3n) is 2.17. The molecule has 0 nitrogen and oxygen atoms in total. The first-order valence-corrected chi connectivity index (χ1v) is 6.13. The van der Waals surface area contributed by atoms with E-state index in [4.69, 9.17) is 0 Å². The standard InChI is InChI=1S/C11H12.2C2H6/c1-9-6-7-10-4-2-3-5-11(10)8-9;2*1-2/h2-5,7-9H,6H2,1H3;2*1-2H3. The molecule has 1 aliphatic carbocycles. The smallest absolute Gasteiger partial charge is 0.0218 e. The molecule has 1 aromatic carbocycles. The summed E-state index contributed by atoms with van der Waals surface area (Å²) in [7, 11) is 0. The highest BCUT2D eigenvalue weighted by Gasteiger charge is 1.98. The van der Waals surface area contributed by atoms with Gasteiger partial charge in [-0.25, -0.2) is 0 Å². The van der Waals surface area contributed by atoms with E-state index in [-0.39, 0.29) is 0 Å². The molecule has 0 saturated heterocycles. The predicted octanol–water partition coefficient (Wildman–Crippen LogP) is 3.34. The van der Waals surface area contributed by atoms with E-state index in [1.165, 1.54) is 16.9 Å². The van der Waals surface area contributed by atoms with E-state index in [2.05, 4.69) is 43.3 Å². The second-order valence-corrected chi connectivity index (χ2v) is 3.21. The number of benzene rings is 1. The Labute approximate surface area is 94.3 Å². The molecule has 0 heteroatoms. The molecule has 0 aromatic heterocycles. The SMILES string of the molecule is CC.CC.CC1C=c2ccccc2=CC1. The van der Waals surface area contributed by atoms with Gasteiger partial charge >= 0.3 is 0 Å². The maximum atomic E-state index is 2.34. The molecule has 84 valence electrons. The van der Waals surface area contributed by atoms with Gasteiger partial charge in [0.1, 0.15) is 0 Å². The van der Waals surface area contributed by atoms with E-state index in [9.17, 15) is 0 Å². The fraction of sp³-hybridized carbons (Fsp3) is 0.467. The topological polar surface area (TPSA) is 0 Å². The zero-order valence-electron chi connectivity index (χ0n) is 10.7. The van der Waals surface area contributed by atoms with Crippen molar-refractivity contribution in [3.8, 4) is 0 Å². The van der Waals surface area contributed by atoms with Gasteiger partial charge in [-0.15, -0.1) is 0 Å². The van der Waals surface area contributed by atoms with E-state index in [0.717, 1.165) is 0 Å². The van der Waals surface area contributed by atoms with Crippen LogP contribution in [0.4, 0.5) is 0 Å². The molecule has 0 fully saturated rings. The maximum Gasteiger partial charge on any atom is -0.0218 e. The van der Waals surface area contributed by atoms with Gasteiger partial charge in [-0.2, -0.15) is 0 Å². The maximum absolute atomic E-state index is 2.34. The monoisotopic (exact) mass is 204 g/mol. The molecule has 0 aliphatic heterocycles. The Bertz CT molecular complexity index is 360. The van der Waals surface area contributed by atoms with Crippen LogP contribution in [0.2, 0.25) is 0 Å². The van der Waals surface area contributed by atoms with E-state index >= 15 is 0 Å². The highest BCUT2D eigenvalue weighted by Crippen LogP contribution is 2.05.